The van der Waals surface area contributed by atoms with Crippen molar-refractivity contribution >= 4 is 51.7 Å². The summed E-state index contributed by atoms with van der Waals surface area (Å²) in [6.07, 6.45) is 6.32. The van der Waals surface area contributed by atoms with Crippen molar-refractivity contribution in [2.45, 2.75) is 103 Å². The Kier molecular flexibility index (Phi) is 11.0. The fourth-order valence-electron chi connectivity index (χ4n) is 10.4. The highest BCUT2D eigenvalue weighted by molar-refractivity contribution is 6.20. The monoisotopic (exact) mass is 831 g/mol. The van der Waals surface area contributed by atoms with E-state index in [4.69, 9.17) is 6.57 Å². The third-order valence-corrected chi connectivity index (χ3v) is 14.0. The Morgan fingerprint density at radius 1 is 0.919 bits per heavy atom. The third kappa shape index (κ3) is 7.45. The van der Waals surface area contributed by atoms with Crippen LogP contribution in [0.5, 0.6) is 0 Å². The van der Waals surface area contributed by atoms with E-state index in [1.54, 1.807) is 17.0 Å². The number of carbonyl (C=O) groups is 5. The number of aryl methyl sites for hydroxylation is 1. The molecule has 1 atom stereocenters. The summed E-state index contributed by atoms with van der Waals surface area (Å²) < 4.78 is 0. The Morgan fingerprint density at radius 2 is 1.71 bits per heavy atom. The maximum atomic E-state index is 14.1. The van der Waals surface area contributed by atoms with E-state index in [0.29, 0.717) is 43.1 Å². The lowest BCUT2D eigenvalue weighted by atomic mass is 9.70. The molecular weight excluding hydrogens is 779 g/mol. The summed E-state index contributed by atoms with van der Waals surface area (Å²) in [5, 5.41) is 3.22. The largest absolute Gasteiger partial charge is 0.371 e. The molecular formula is C50H53N7O5. The van der Waals surface area contributed by atoms with Gasteiger partial charge in [-0.1, -0.05) is 44.7 Å². The van der Waals surface area contributed by atoms with Crippen LogP contribution in [-0.4, -0.2) is 100 Å². The van der Waals surface area contributed by atoms with Crippen molar-refractivity contribution in [1.29, 1.82) is 0 Å². The van der Waals surface area contributed by atoms with Crippen molar-refractivity contribution < 1.29 is 24.0 Å². The van der Waals surface area contributed by atoms with Crippen LogP contribution in [0.1, 0.15) is 126 Å². The Labute approximate surface area is 362 Å². The number of fused-ring (bicyclic) bond motifs is 5. The molecule has 2 N–H and O–H groups in total. The molecule has 12 heteroatoms. The molecule has 1 unspecified atom stereocenters. The molecule has 0 bridgehead atoms. The van der Waals surface area contributed by atoms with Crippen LogP contribution in [0.25, 0.3) is 15.7 Å². The summed E-state index contributed by atoms with van der Waals surface area (Å²) in [5.74, 6) is 5.79. The van der Waals surface area contributed by atoms with Gasteiger partial charge in [-0.3, -0.25) is 34.2 Å². The molecule has 62 heavy (non-hydrogen) atoms. The van der Waals surface area contributed by atoms with Crippen LogP contribution in [0.3, 0.4) is 0 Å². The summed E-state index contributed by atoms with van der Waals surface area (Å²) in [7, 11) is 0. The molecule has 4 aromatic rings. The zero-order valence-corrected chi connectivity index (χ0v) is 35.9. The average molecular weight is 832 g/mol. The van der Waals surface area contributed by atoms with E-state index in [2.05, 4.69) is 69.7 Å². The van der Waals surface area contributed by atoms with Crippen LogP contribution in [0.15, 0.2) is 48.5 Å². The van der Waals surface area contributed by atoms with Crippen molar-refractivity contribution in [1.82, 2.24) is 25.0 Å². The van der Waals surface area contributed by atoms with E-state index < -0.39 is 17.4 Å². The fourth-order valence-corrected chi connectivity index (χ4v) is 10.4. The van der Waals surface area contributed by atoms with Gasteiger partial charge in [-0.15, -0.1) is 0 Å². The summed E-state index contributed by atoms with van der Waals surface area (Å²) in [6, 6.07) is 15.3. The molecule has 9 rings (SSSR count). The number of nitrogens with zero attached hydrogens (tertiary/aromatic N) is 5. The first kappa shape index (κ1) is 41.1. The molecule has 5 aliphatic rings. The van der Waals surface area contributed by atoms with Gasteiger partial charge in [0.2, 0.25) is 17.7 Å². The molecule has 4 amide bonds. The maximum Gasteiger partial charge on any atom is 0.255 e. The van der Waals surface area contributed by atoms with Crippen LogP contribution in [0.4, 0.5) is 11.4 Å². The Hall–Kier alpha value is -6.24. The lowest BCUT2D eigenvalue weighted by Gasteiger charge is -2.44. The van der Waals surface area contributed by atoms with E-state index in [0.717, 1.165) is 116 Å². The molecule has 3 fully saturated rings. The van der Waals surface area contributed by atoms with E-state index in [1.807, 2.05) is 29.2 Å². The fraction of sp³-hybridized carbons (Fsp3) is 0.440. The predicted molar refractivity (Wildman–Crippen MR) is 237 cm³/mol. The summed E-state index contributed by atoms with van der Waals surface area (Å²) in [4.78, 5) is 80.0. The van der Waals surface area contributed by atoms with Crippen LogP contribution in [0.2, 0.25) is 0 Å². The average Bonchev–Trinajstić information content (AvgIpc) is 3.84. The standard InChI is InChI=1S/C50H53N7O5/c1-5-32-27-38-39(50(2,3)47-45(46(38)60)37-15-13-34(51-4)28-40(37)52-47)29-42(32)55-20-18-35(19-21-55)54-22-24-56(25-23-54)44(59)11-9-7-6-8-10-31-12-14-36-33(26-31)30-57(49(36)62)41-16-17-43(58)53-48(41)61/h12-15,26-29,35,41,52H,5-7,9,11,16-25,30H2,1-3H3,(H,53,58,61). The van der Waals surface area contributed by atoms with Gasteiger partial charge in [-0.05, 0) is 91.6 Å². The minimum absolute atomic E-state index is 0.0514. The number of anilines is 1. The van der Waals surface area contributed by atoms with Crippen molar-refractivity contribution in [3.05, 3.63) is 105 Å². The second-order valence-electron chi connectivity index (χ2n) is 18.0. The zero-order chi connectivity index (χ0) is 43.3. The number of aromatic nitrogens is 1. The number of piperazine rings is 1. The summed E-state index contributed by atoms with van der Waals surface area (Å²) >= 11 is 0. The lowest BCUT2D eigenvalue weighted by molar-refractivity contribution is -0.137. The second-order valence-corrected chi connectivity index (χ2v) is 18.0. The van der Waals surface area contributed by atoms with Gasteiger partial charge in [0.05, 0.1) is 12.1 Å². The number of carbonyl (C=O) groups excluding carboxylic acids is 5. The van der Waals surface area contributed by atoms with Crippen molar-refractivity contribution in [3.63, 3.8) is 0 Å². The second kappa shape index (κ2) is 16.6. The number of aromatic amines is 1. The van der Waals surface area contributed by atoms with E-state index in [9.17, 15) is 24.0 Å². The van der Waals surface area contributed by atoms with Crippen LogP contribution in [-0.2, 0) is 32.8 Å². The Bertz CT molecular complexity index is 2630. The summed E-state index contributed by atoms with van der Waals surface area (Å²) in [6.45, 7) is 19.5. The molecule has 5 heterocycles. The van der Waals surface area contributed by atoms with Crippen LogP contribution >= 0.6 is 0 Å². The topological polar surface area (TPSA) is 130 Å². The van der Waals surface area contributed by atoms with Gasteiger partial charge in [0.1, 0.15) is 6.04 Å². The molecule has 4 aliphatic heterocycles. The molecule has 3 saturated heterocycles. The third-order valence-electron chi connectivity index (χ3n) is 14.0. The van der Waals surface area contributed by atoms with Gasteiger partial charge in [0.25, 0.3) is 5.91 Å². The molecule has 0 spiro atoms. The first-order valence-electron chi connectivity index (χ1n) is 22.2. The minimum Gasteiger partial charge on any atom is -0.371 e. The highest BCUT2D eigenvalue weighted by Crippen LogP contribution is 2.46. The number of amides is 4. The smallest absolute Gasteiger partial charge is 0.255 e. The van der Waals surface area contributed by atoms with Gasteiger partial charge in [0, 0.05) is 116 Å². The van der Waals surface area contributed by atoms with Crippen molar-refractivity contribution in [2.24, 2.45) is 0 Å². The Balaban J connectivity index is 0.735. The van der Waals surface area contributed by atoms with Gasteiger partial charge in [0.15, 0.2) is 11.5 Å². The number of rotatable bonds is 8. The van der Waals surface area contributed by atoms with Gasteiger partial charge in [-0.25, -0.2) is 4.85 Å². The van der Waals surface area contributed by atoms with Gasteiger partial charge in [-0.2, -0.15) is 0 Å². The SMILES string of the molecule is [C-]#[N+]c1ccc2c3c([nH]c2c1)C(C)(C)c1cc(N2CCC(N4CCN(C(=O)CCCCC#Cc5ccc6c(c5)CN(C5CCC(=O)NC5=O)C6=O)CC4)CC2)c(CC)cc1C3=O. The molecule has 12 nitrogen and oxygen atoms in total. The Morgan fingerprint density at radius 3 is 2.45 bits per heavy atom. The number of nitrogens with one attached hydrogen (secondary N) is 2. The van der Waals surface area contributed by atoms with Crippen LogP contribution in [0, 0.1) is 18.4 Å². The molecule has 3 aromatic carbocycles. The highest BCUT2D eigenvalue weighted by Gasteiger charge is 2.42. The zero-order valence-electron chi connectivity index (χ0n) is 35.9. The van der Waals surface area contributed by atoms with Crippen molar-refractivity contribution in [3.8, 4) is 11.8 Å². The number of hydrogen-bond acceptors (Lipinski definition) is 7. The van der Waals surface area contributed by atoms with Crippen molar-refractivity contribution in [2.75, 3.05) is 44.2 Å². The normalized spacial score (nSPS) is 20.0. The number of unbranched alkanes of at least 4 members (excludes halogenated alkanes) is 2. The minimum atomic E-state index is -0.635. The van der Waals surface area contributed by atoms with E-state index >= 15 is 0 Å². The molecule has 0 saturated carbocycles. The summed E-state index contributed by atoms with van der Waals surface area (Å²) in [5.41, 5.74) is 9.10. The molecule has 1 aliphatic carbocycles. The number of imide groups is 1. The maximum absolute atomic E-state index is 14.1. The highest BCUT2D eigenvalue weighted by atomic mass is 16.2. The quantitative estimate of drug-likeness (QED) is 0.0882. The first-order chi connectivity index (χ1) is 29.9. The van der Waals surface area contributed by atoms with Gasteiger partial charge < -0.3 is 19.7 Å². The number of benzene rings is 3. The van der Waals surface area contributed by atoms with E-state index in [1.165, 1.54) is 11.3 Å². The first-order valence-corrected chi connectivity index (χ1v) is 22.2. The van der Waals surface area contributed by atoms with E-state index in [-0.39, 0.29) is 29.9 Å². The molecule has 0 radical (unpaired) electrons. The molecule has 318 valence electrons. The van der Waals surface area contributed by atoms with Gasteiger partial charge >= 0.3 is 0 Å². The molecule has 1 aromatic heterocycles. The lowest BCUT2D eigenvalue weighted by Crippen LogP contribution is -2.54. The predicted octanol–water partition coefficient (Wildman–Crippen LogP) is 6.64. The number of ketones is 1. The number of hydrogen-bond donors (Lipinski definition) is 2. The number of piperidine rings is 2. The van der Waals surface area contributed by atoms with Crippen LogP contribution < -0.4 is 10.2 Å². The number of H-pyrrole nitrogens is 1.